The minimum absolute atomic E-state index is 0.134. The van der Waals surface area contributed by atoms with E-state index in [1.165, 1.54) is 4.57 Å². The summed E-state index contributed by atoms with van der Waals surface area (Å²) in [4.78, 5) is 24.0. The lowest BCUT2D eigenvalue weighted by Crippen LogP contribution is -2.31. The number of hydrogen-bond donors (Lipinski definition) is 1. The number of aromatic nitrogens is 1. The standard InChI is InChI=1S/C16H14N2O2S/c19-15(11-17-10-12-6-2-1-3-7-12)18-13-8-4-5-9-14(13)21-16(18)20/h1-9,17H,10-11H2. The van der Waals surface area contributed by atoms with Crippen LogP contribution in [0.1, 0.15) is 10.4 Å². The molecule has 0 aliphatic rings. The first-order chi connectivity index (χ1) is 10.3. The van der Waals surface area contributed by atoms with E-state index in [-0.39, 0.29) is 17.3 Å². The zero-order valence-electron chi connectivity index (χ0n) is 11.3. The topological polar surface area (TPSA) is 51.1 Å². The van der Waals surface area contributed by atoms with Crippen molar-refractivity contribution in [2.75, 3.05) is 6.54 Å². The zero-order chi connectivity index (χ0) is 14.7. The van der Waals surface area contributed by atoms with Gasteiger partial charge in [0.25, 0.3) is 0 Å². The molecule has 4 nitrogen and oxygen atoms in total. The lowest BCUT2D eigenvalue weighted by molar-refractivity contribution is 0.0915. The minimum atomic E-state index is -0.234. The van der Waals surface area contributed by atoms with Crippen molar-refractivity contribution in [3.05, 3.63) is 69.8 Å². The third-order valence-electron chi connectivity index (χ3n) is 3.18. The lowest BCUT2D eigenvalue weighted by Gasteiger charge is -2.05. The zero-order valence-corrected chi connectivity index (χ0v) is 12.1. The highest BCUT2D eigenvalue weighted by molar-refractivity contribution is 7.16. The molecule has 2 aromatic carbocycles. The Balaban J connectivity index is 1.73. The van der Waals surface area contributed by atoms with Gasteiger partial charge >= 0.3 is 4.87 Å². The number of nitrogens with zero attached hydrogens (tertiary/aromatic N) is 1. The predicted molar refractivity (Wildman–Crippen MR) is 84.9 cm³/mol. The van der Waals surface area contributed by atoms with Crippen LogP contribution in [0, 0.1) is 0 Å². The molecule has 3 rings (SSSR count). The maximum absolute atomic E-state index is 12.2. The van der Waals surface area contributed by atoms with Gasteiger partial charge in [-0.05, 0) is 17.7 Å². The number of benzene rings is 2. The van der Waals surface area contributed by atoms with E-state index >= 15 is 0 Å². The Labute approximate surface area is 125 Å². The Morgan fingerprint density at radius 3 is 2.57 bits per heavy atom. The summed E-state index contributed by atoms with van der Waals surface area (Å²) in [6, 6.07) is 17.2. The molecular formula is C16H14N2O2S. The second-order valence-electron chi connectivity index (χ2n) is 4.65. The number of carbonyl (C=O) groups excluding carboxylic acids is 1. The van der Waals surface area contributed by atoms with E-state index in [9.17, 15) is 9.59 Å². The fourth-order valence-electron chi connectivity index (χ4n) is 2.19. The van der Waals surface area contributed by atoms with Crippen molar-refractivity contribution in [2.24, 2.45) is 0 Å². The molecule has 0 amide bonds. The average Bonchev–Trinajstić information content (AvgIpc) is 2.84. The van der Waals surface area contributed by atoms with Crippen LogP contribution in [0.4, 0.5) is 0 Å². The summed E-state index contributed by atoms with van der Waals surface area (Å²) in [6.45, 7) is 0.735. The van der Waals surface area contributed by atoms with Gasteiger partial charge in [0.05, 0.1) is 16.8 Å². The number of para-hydroxylation sites is 1. The first kappa shape index (κ1) is 13.7. The molecule has 1 heterocycles. The molecule has 0 saturated carbocycles. The Bertz CT molecular complexity index is 821. The summed E-state index contributed by atoms with van der Waals surface area (Å²) in [5.74, 6) is -0.228. The van der Waals surface area contributed by atoms with Gasteiger partial charge in [-0.3, -0.25) is 9.59 Å². The first-order valence-corrected chi connectivity index (χ1v) is 7.46. The Kier molecular flexibility index (Phi) is 3.94. The van der Waals surface area contributed by atoms with Gasteiger partial charge in [-0.15, -0.1) is 0 Å². The number of hydrogen-bond acceptors (Lipinski definition) is 4. The predicted octanol–water partition coefficient (Wildman–Crippen LogP) is 2.49. The summed E-state index contributed by atoms with van der Waals surface area (Å²) in [5.41, 5.74) is 1.78. The summed E-state index contributed by atoms with van der Waals surface area (Å²) < 4.78 is 2.08. The van der Waals surface area contributed by atoms with Crippen molar-refractivity contribution in [1.82, 2.24) is 9.88 Å². The fraction of sp³-hybridized carbons (Fsp3) is 0.125. The number of fused-ring (bicyclic) bond motifs is 1. The Morgan fingerprint density at radius 2 is 1.76 bits per heavy atom. The molecule has 0 bridgehead atoms. The van der Waals surface area contributed by atoms with Crippen molar-refractivity contribution in [2.45, 2.75) is 6.54 Å². The lowest BCUT2D eigenvalue weighted by atomic mass is 10.2. The van der Waals surface area contributed by atoms with Crippen molar-refractivity contribution in [1.29, 1.82) is 0 Å². The fourth-order valence-corrected chi connectivity index (χ4v) is 3.08. The van der Waals surface area contributed by atoms with Gasteiger partial charge in [0.15, 0.2) is 0 Å². The third-order valence-corrected chi connectivity index (χ3v) is 4.11. The van der Waals surface area contributed by atoms with E-state index in [4.69, 9.17) is 0 Å². The van der Waals surface area contributed by atoms with Gasteiger partial charge in [-0.2, -0.15) is 0 Å². The van der Waals surface area contributed by atoms with Gasteiger partial charge < -0.3 is 5.32 Å². The molecule has 106 valence electrons. The van der Waals surface area contributed by atoms with Crippen molar-refractivity contribution < 1.29 is 4.79 Å². The van der Waals surface area contributed by atoms with Crippen LogP contribution in [-0.4, -0.2) is 17.0 Å². The Hall–Kier alpha value is -2.24. The molecule has 0 fully saturated rings. The van der Waals surface area contributed by atoms with Gasteiger partial charge in [-0.1, -0.05) is 53.8 Å². The molecule has 0 spiro atoms. The second-order valence-corrected chi connectivity index (χ2v) is 5.65. The smallest absolute Gasteiger partial charge is 0.304 e. The van der Waals surface area contributed by atoms with E-state index < -0.39 is 0 Å². The van der Waals surface area contributed by atoms with Gasteiger partial charge in [0.2, 0.25) is 5.91 Å². The van der Waals surface area contributed by atoms with Crippen molar-refractivity contribution in [3.63, 3.8) is 0 Å². The number of thiazole rings is 1. The molecule has 3 aromatic rings. The van der Waals surface area contributed by atoms with Crippen LogP contribution in [0.5, 0.6) is 0 Å². The monoisotopic (exact) mass is 298 g/mol. The van der Waals surface area contributed by atoms with Crippen LogP contribution < -0.4 is 10.2 Å². The SMILES string of the molecule is O=C(CNCc1ccccc1)n1c(=O)sc2ccccc21. The number of nitrogens with one attached hydrogen (secondary N) is 1. The molecule has 0 aliphatic heterocycles. The van der Waals surface area contributed by atoms with Crippen LogP contribution in [0.25, 0.3) is 10.2 Å². The molecule has 0 radical (unpaired) electrons. The van der Waals surface area contributed by atoms with Crippen LogP contribution >= 0.6 is 11.3 Å². The maximum atomic E-state index is 12.2. The summed E-state index contributed by atoms with van der Waals surface area (Å²) >= 11 is 1.10. The molecule has 5 heteroatoms. The summed E-state index contributed by atoms with van der Waals surface area (Å²) in [6.07, 6.45) is 0. The summed E-state index contributed by atoms with van der Waals surface area (Å²) in [7, 11) is 0. The average molecular weight is 298 g/mol. The minimum Gasteiger partial charge on any atom is -0.304 e. The van der Waals surface area contributed by atoms with Gasteiger partial charge in [0.1, 0.15) is 0 Å². The second kappa shape index (κ2) is 6.03. The van der Waals surface area contributed by atoms with Crippen molar-refractivity contribution in [3.8, 4) is 0 Å². The van der Waals surface area contributed by atoms with Crippen LogP contribution in [0.15, 0.2) is 59.4 Å². The van der Waals surface area contributed by atoms with Gasteiger partial charge in [-0.25, -0.2) is 4.57 Å². The van der Waals surface area contributed by atoms with E-state index in [1.54, 1.807) is 6.07 Å². The normalized spacial score (nSPS) is 10.9. The van der Waals surface area contributed by atoms with Crippen molar-refractivity contribution >= 4 is 27.5 Å². The maximum Gasteiger partial charge on any atom is 0.315 e. The molecule has 0 atom stereocenters. The largest absolute Gasteiger partial charge is 0.315 e. The number of rotatable bonds is 4. The first-order valence-electron chi connectivity index (χ1n) is 6.64. The quantitative estimate of drug-likeness (QED) is 0.805. The van der Waals surface area contributed by atoms with Crippen LogP contribution in [0.3, 0.4) is 0 Å². The molecule has 1 aromatic heterocycles. The highest BCUT2D eigenvalue weighted by Gasteiger charge is 2.13. The van der Waals surface area contributed by atoms with Crippen LogP contribution in [0.2, 0.25) is 0 Å². The third kappa shape index (κ3) is 2.94. The van der Waals surface area contributed by atoms with Crippen LogP contribution in [-0.2, 0) is 6.54 Å². The van der Waals surface area contributed by atoms with E-state index in [2.05, 4.69) is 5.32 Å². The molecule has 1 N–H and O–H groups in total. The molecular weight excluding hydrogens is 284 g/mol. The highest BCUT2D eigenvalue weighted by atomic mass is 32.1. The molecule has 0 aliphatic carbocycles. The number of carbonyl (C=O) groups is 1. The van der Waals surface area contributed by atoms with E-state index in [0.29, 0.717) is 12.1 Å². The van der Waals surface area contributed by atoms with E-state index in [0.717, 1.165) is 21.6 Å². The molecule has 21 heavy (non-hydrogen) atoms. The molecule has 0 unspecified atom stereocenters. The Morgan fingerprint density at radius 1 is 1.05 bits per heavy atom. The highest BCUT2D eigenvalue weighted by Crippen LogP contribution is 2.15. The molecule has 0 saturated heterocycles. The van der Waals surface area contributed by atoms with Gasteiger partial charge in [0, 0.05) is 6.54 Å². The summed E-state index contributed by atoms with van der Waals surface area (Å²) in [5, 5.41) is 3.08. The van der Waals surface area contributed by atoms with E-state index in [1.807, 2.05) is 48.5 Å².